The van der Waals surface area contributed by atoms with Gasteiger partial charge in [-0.05, 0) is 42.9 Å². The molecule has 1 N–H and O–H groups in total. The Morgan fingerprint density at radius 2 is 2.15 bits per heavy atom. The van der Waals surface area contributed by atoms with Crippen molar-refractivity contribution in [3.05, 3.63) is 33.8 Å². The minimum atomic E-state index is -0.253. The van der Waals surface area contributed by atoms with Gasteiger partial charge in [-0.2, -0.15) is 0 Å². The molecule has 0 amide bonds. The third kappa shape index (κ3) is 1.94. The Balaban J connectivity index is 2.24. The van der Waals surface area contributed by atoms with Gasteiger partial charge in [-0.15, -0.1) is 0 Å². The van der Waals surface area contributed by atoms with E-state index in [0.717, 1.165) is 10.0 Å². The number of rotatable bonds is 2. The summed E-state index contributed by atoms with van der Waals surface area (Å²) in [7, 11) is 0. The zero-order chi connectivity index (χ0) is 9.42. The first-order valence-electron chi connectivity index (χ1n) is 4.62. The summed E-state index contributed by atoms with van der Waals surface area (Å²) in [5.74, 6) is 0.509. The van der Waals surface area contributed by atoms with Gasteiger partial charge in [0, 0.05) is 4.47 Å². The molecule has 1 saturated carbocycles. The van der Waals surface area contributed by atoms with Crippen LogP contribution in [-0.4, -0.2) is 5.11 Å². The maximum Gasteiger partial charge on any atom is 0.0818 e. The van der Waals surface area contributed by atoms with E-state index in [1.54, 1.807) is 0 Å². The Morgan fingerprint density at radius 1 is 1.46 bits per heavy atom. The number of halogens is 1. The Kier molecular flexibility index (Phi) is 2.43. The SMILES string of the molecule is Cc1ccc(C(O)C2CC2)cc1Br. The maximum absolute atomic E-state index is 9.85. The number of hydrogen-bond acceptors (Lipinski definition) is 1. The molecule has 1 unspecified atom stereocenters. The van der Waals surface area contributed by atoms with Crippen LogP contribution >= 0.6 is 15.9 Å². The molecule has 2 heteroatoms. The van der Waals surface area contributed by atoms with E-state index in [1.807, 2.05) is 18.2 Å². The third-order valence-corrected chi connectivity index (χ3v) is 3.46. The lowest BCUT2D eigenvalue weighted by Gasteiger charge is -2.10. The molecule has 1 aliphatic rings. The fourth-order valence-corrected chi connectivity index (χ4v) is 1.87. The molecule has 1 fully saturated rings. The molecule has 1 aromatic carbocycles. The summed E-state index contributed by atoms with van der Waals surface area (Å²) in [6.45, 7) is 2.05. The lowest BCUT2D eigenvalue weighted by atomic mass is 10.0. The Morgan fingerprint density at radius 3 is 2.69 bits per heavy atom. The quantitative estimate of drug-likeness (QED) is 0.842. The molecule has 1 atom stereocenters. The zero-order valence-corrected chi connectivity index (χ0v) is 9.21. The molecule has 0 aliphatic heterocycles. The van der Waals surface area contributed by atoms with Crippen LogP contribution in [-0.2, 0) is 0 Å². The van der Waals surface area contributed by atoms with E-state index in [1.165, 1.54) is 18.4 Å². The van der Waals surface area contributed by atoms with Crippen LogP contribution in [0.4, 0.5) is 0 Å². The van der Waals surface area contributed by atoms with Gasteiger partial charge in [-0.3, -0.25) is 0 Å². The van der Waals surface area contributed by atoms with Crippen molar-refractivity contribution in [2.24, 2.45) is 5.92 Å². The molecule has 0 saturated heterocycles. The molecule has 0 aromatic heterocycles. The number of aliphatic hydroxyl groups is 1. The van der Waals surface area contributed by atoms with Gasteiger partial charge in [0.2, 0.25) is 0 Å². The molecule has 1 aliphatic carbocycles. The Hall–Kier alpha value is -0.340. The Labute approximate surface area is 86.9 Å². The monoisotopic (exact) mass is 240 g/mol. The molecular formula is C11H13BrO. The van der Waals surface area contributed by atoms with Gasteiger partial charge >= 0.3 is 0 Å². The lowest BCUT2D eigenvalue weighted by Crippen LogP contribution is -1.99. The minimum absolute atomic E-state index is 0.253. The summed E-state index contributed by atoms with van der Waals surface area (Å²) in [6, 6.07) is 6.09. The van der Waals surface area contributed by atoms with Crippen molar-refractivity contribution in [2.75, 3.05) is 0 Å². The van der Waals surface area contributed by atoms with Crippen LogP contribution in [0.15, 0.2) is 22.7 Å². The van der Waals surface area contributed by atoms with E-state index in [4.69, 9.17) is 0 Å². The largest absolute Gasteiger partial charge is 0.388 e. The summed E-state index contributed by atoms with van der Waals surface area (Å²) in [5.41, 5.74) is 2.26. The van der Waals surface area contributed by atoms with Gasteiger partial charge < -0.3 is 5.11 Å². The molecule has 0 heterocycles. The first-order valence-corrected chi connectivity index (χ1v) is 5.42. The second kappa shape index (κ2) is 3.43. The molecular weight excluding hydrogens is 228 g/mol. The van der Waals surface area contributed by atoms with Crippen molar-refractivity contribution >= 4 is 15.9 Å². The summed E-state index contributed by atoms with van der Waals surface area (Å²) >= 11 is 3.47. The first kappa shape index (κ1) is 9.22. The van der Waals surface area contributed by atoms with Crippen LogP contribution in [0.1, 0.15) is 30.1 Å². The number of benzene rings is 1. The van der Waals surface area contributed by atoms with Crippen molar-refractivity contribution in [3.63, 3.8) is 0 Å². The van der Waals surface area contributed by atoms with Gasteiger partial charge in [0.05, 0.1) is 6.10 Å². The molecule has 2 rings (SSSR count). The van der Waals surface area contributed by atoms with Crippen molar-refractivity contribution in [1.29, 1.82) is 0 Å². The summed E-state index contributed by atoms with van der Waals surface area (Å²) in [4.78, 5) is 0. The summed E-state index contributed by atoms with van der Waals surface area (Å²) in [6.07, 6.45) is 2.09. The van der Waals surface area contributed by atoms with E-state index in [2.05, 4.69) is 22.9 Å². The highest BCUT2D eigenvalue weighted by Gasteiger charge is 2.30. The second-order valence-corrected chi connectivity index (χ2v) is 4.65. The molecule has 70 valence electrons. The highest BCUT2D eigenvalue weighted by Crippen LogP contribution is 2.41. The van der Waals surface area contributed by atoms with E-state index in [9.17, 15) is 5.11 Å². The molecule has 0 bridgehead atoms. The second-order valence-electron chi connectivity index (χ2n) is 3.79. The third-order valence-electron chi connectivity index (χ3n) is 2.61. The van der Waals surface area contributed by atoms with Crippen LogP contribution in [0.3, 0.4) is 0 Å². The number of hydrogen-bond donors (Lipinski definition) is 1. The fourth-order valence-electron chi connectivity index (χ4n) is 1.48. The van der Waals surface area contributed by atoms with Crippen molar-refractivity contribution < 1.29 is 5.11 Å². The van der Waals surface area contributed by atoms with Gasteiger partial charge in [0.25, 0.3) is 0 Å². The first-order chi connectivity index (χ1) is 6.18. The maximum atomic E-state index is 9.85. The van der Waals surface area contributed by atoms with Crippen LogP contribution in [0.5, 0.6) is 0 Å². The molecule has 1 aromatic rings. The smallest absolute Gasteiger partial charge is 0.0818 e. The summed E-state index contributed by atoms with van der Waals surface area (Å²) < 4.78 is 1.09. The van der Waals surface area contributed by atoms with Crippen LogP contribution in [0.25, 0.3) is 0 Å². The Bertz CT molecular complexity index is 318. The lowest BCUT2D eigenvalue weighted by molar-refractivity contribution is 0.154. The normalized spacial score (nSPS) is 18.7. The molecule has 0 radical (unpaired) electrons. The van der Waals surface area contributed by atoms with Gasteiger partial charge in [-0.25, -0.2) is 0 Å². The average molecular weight is 241 g/mol. The zero-order valence-electron chi connectivity index (χ0n) is 7.63. The molecule has 13 heavy (non-hydrogen) atoms. The fraction of sp³-hybridized carbons (Fsp3) is 0.455. The molecule has 1 nitrogen and oxygen atoms in total. The van der Waals surface area contributed by atoms with Crippen LogP contribution < -0.4 is 0 Å². The van der Waals surface area contributed by atoms with Crippen molar-refractivity contribution in [3.8, 4) is 0 Å². The topological polar surface area (TPSA) is 20.2 Å². The van der Waals surface area contributed by atoms with Gasteiger partial charge in [0.15, 0.2) is 0 Å². The van der Waals surface area contributed by atoms with E-state index < -0.39 is 0 Å². The van der Waals surface area contributed by atoms with Crippen LogP contribution in [0, 0.1) is 12.8 Å². The van der Waals surface area contributed by atoms with Crippen molar-refractivity contribution in [1.82, 2.24) is 0 Å². The van der Waals surface area contributed by atoms with E-state index >= 15 is 0 Å². The molecule has 0 spiro atoms. The highest BCUT2D eigenvalue weighted by atomic mass is 79.9. The average Bonchev–Trinajstić information content (AvgIpc) is 2.91. The van der Waals surface area contributed by atoms with E-state index in [-0.39, 0.29) is 6.10 Å². The van der Waals surface area contributed by atoms with Gasteiger partial charge in [-0.1, -0.05) is 28.1 Å². The van der Waals surface area contributed by atoms with Crippen molar-refractivity contribution in [2.45, 2.75) is 25.9 Å². The number of aryl methyl sites for hydroxylation is 1. The highest BCUT2D eigenvalue weighted by molar-refractivity contribution is 9.10. The predicted octanol–water partition coefficient (Wildman–Crippen LogP) is 3.20. The minimum Gasteiger partial charge on any atom is -0.388 e. The predicted molar refractivity (Wildman–Crippen MR) is 56.6 cm³/mol. The van der Waals surface area contributed by atoms with Crippen LogP contribution in [0.2, 0.25) is 0 Å². The standard InChI is InChI=1S/C11H13BrO/c1-7-2-3-9(6-10(7)12)11(13)8-4-5-8/h2-3,6,8,11,13H,4-5H2,1H3. The summed E-state index contributed by atoms with van der Waals surface area (Å²) in [5, 5.41) is 9.85. The van der Waals surface area contributed by atoms with E-state index in [0.29, 0.717) is 5.92 Å². The van der Waals surface area contributed by atoms with Gasteiger partial charge in [0.1, 0.15) is 0 Å². The number of aliphatic hydroxyl groups excluding tert-OH is 1.